The van der Waals surface area contributed by atoms with E-state index in [1.54, 1.807) is 19.1 Å². The van der Waals surface area contributed by atoms with E-state index in [1.165, 1.54) is 6.07 Å². The second kappa shape index (κ2) is 6.10. The minimum Gasteiger partial charge on any atom is -0.391 e. The first-order valence-corrected chi connectivity index (χ1v) is 6.65. The van der Waals surface area contributed by atoms with Crippen molar-refractivity contribution in [2.45, 2.75) is 39.2 Å². The molecule has 3 N–H and O–H groups in total. The number of amides is 1. The normalized spacial score (nSPS) is 11.2. The van der Waals surface area contributed by atoms with Crippen molar-refractivity contribution in [3.8, 4) is 0 Å². The van der Waals surface area contributed by atoms with Crippen molar-refractivity contribution >= 4 is 23.1 Å². The van der Waals surface area contributed by atoms with Crippen molar-refractivity contribution in [3.05, 3.63) is 35.1 Å². The highest BCUT2D eigenvalue weighted by Crippen LogP contribution is 2.17. The minimum atomic E-state index is -0.715. The van der Waals surface area contributed by atoms with Gasteiger partial charge in [0.25, 0.3) is 5.91 Å². The molecule has 1 aromatic carbocycles. The van der Waals surface area contributed by atoms with Crippen LogP contribution < -0.4 is 11.1 Å². The van der Waals surface area contributed by atoms with Crippen LogP contribution in [0.4, 0.5) is 4.39 Å². The summed E-state index contributed by atoms with van der Waals surface area (Å²) in [5, 5.41) is 2.82. The lowest BCUT2D eigenvalue weighted by atomic mass is 9.92. The van der Waals surface area contributed by atoms with Crippen molar-refractivity contribution in [2.75, 3.05) is 0 Å². The summed E-state index contributed by atoms with van der Waals surface area (Å²) < 4.78 is 13.5. The molecule has 1 aromatic rings. The molecular formula is C14H19FN2OS. The first kappa shape index (κ1) is 15.6. The number of benzene rings is 1. The summed E-state index contributed by atoms with van der Waals surface area (Å²) in [6, 6.07) is 4.38. The molecule has 0 spiro atoms. The third-order valence-corrected chi connectivity index (χ3v) is 3.86. The van der Waals surface area contributed by atoms with Gasteiger partial charge in [0.05, 0.1) is 10.5 Å². The molecule has 0 saturated carbocycles. The lowest BCUT2D eigenvalue weighted by Crippen LogP contribution is -2.56. The van der Waals surface area contributed by atoms with Crippen molar-refractivity contribution in [3.63, 3.8) is 0 Å². The number of hydrogen-bond acceptors (Lipinski definition) is 2. The highest BCUT2D eigenvalue weighted by molar-refractivity contribution is 7.80. The summed E-state index contributed by atoms with van der Waals surface area (Å²) in [5.41, 5.74) is 5.77. The quantitative estimate of drug-likeness (QED) is 0.816. The number of carbonyl (C=O) groups is 1. The number of nitrogens with two attached hydrogens (primary N) is 1. The Bertz CT molecular complexity index is 498. The zero-order valence-corrected chi connectivity index (χ0v) is 12.2. The molecule has 1 amide bonds. The van der Waals surface area contributed by atoms with Crippen molar-refractivity contribution < 1.29 is 9.18 Å². The van der Waals surface area contributed by atoms with Gasteiger partial charge < -0.3 is 11.1 Å². The molecule has 5 heteroatoms. The summed E-state index contributed by atoms with van der Waals surface area (Å²) in [4.78, 5) is 12.4. The molecular weight excluding hydrogens is 263 g/mol. The van der Waals surface area contributed by atoms with E-state index >= 15 is 0 Å². The first-order valence-electron chi connectivity index (χ1n) is 6.25. The van der Waals surface area contributed by atoms with Gasteiger partial charge in [0, 0.05) is 5.56 Å². The third-order valence-electron chi connectivity index (χ3n) is 3.47. The molecule has 0 unspecified atom stereocenters. The van der Waals surface area contributed by atoms with Crippen LogP contribution in [-0.4, -0.2) is 16.4 Å². The second-order valence-corrected chi connectivity index (χ2v) is 5.01. The standard InChI is InChI=1S/C14H19FN2OS/c1-4-14(5-2,13(16)19)17-12(18)10-7-6-9(3)11(15)8-10/h6-8H,4-5H2,1-3H3,(H2,16,19)(H,17,18). The summed E-state index contributed by atoms with van der Waals surface area (Å²) in [6.07, 6.45) is 1.19. The van der Waals surface area contributed by atoms with E-state index in [0.717, 1.165) is 0 Å². The Morgan fingerprint density at radius 2 is 2.00 bits per heavy atom. The highest BCUT2D eigenvalue weighted by Gasteiger charge is 2.31. The van der Waals surface area contributed by atoms with E-state index in [9.17, 15) is 9.18 Å². The Labute approximate surface area is 118 Å². The van der Waals surface area contributed by atoms with Crippen molar-refractivity contribution in [1.82, 2.24) is 5.32 Å². The van der Waals surface area contributed by atoms with Gasteiger partial charge in [-0.15, -0.1) is 0 Å². The number of nitrogens with one attached hydrogen (secondary N) is 1. The zero-order valence-electron chi connectivity index (χ0n) is 11.4. The summed E-state index contributed by atoms with van der Waals surface area (Å²) in [7, 11) is 0. The van der Waals surface area contributed by atoms with E-state index in [1.807, 2.05) is 13.8 Å². The van der Waals surface area contributed by atoms with Crippen LogP contribution in [-0.2, 0) is 0 Å². The molecule has 19 heavy (non-hydrogen) atoms. The predicted octanol–water partition coefficient (Wildman–Crippen LogP) is 2.71. The van der Waals surface area contributed by atoms with Crippen LogP contribution in [0.25, 0.3) is 0 Å². The lowest BCUT2D eigenvalue weighted by Gasteiger charge is -2.31. The maximum Gasteiger partial charge on any atom is 0.252 e. The van der Waals surface area contributed by atoms with Crippen LogP contribution in [0.2, 0.25) is 0 Å². The number of aryl methyl sites for hydroxylation is 1. The van der Waals surface area contributed by atoms with Gasteiger partial charge in [-0.3, -0.25) is 4.79 Å². The maximum atomic E-state index is 13.5. The number of halogens is 1. The van der Waals surface area contributed by atoms with Gasteiger partial charge in [0.15, 0.2) is 0 Å². The minimum absolute atomic E-state index is 0.249. The van der Waals surface area contributed by atoms with Crippen LogP contribution in [0.1, 0.15) is 42.6 Å². The molecule has 0 aliphatic heterocycles. The van der Waals surface area contributed by atoms with Crippen LogP contribution in [0.15, 0.2) is 18.2 Å². The Morgan fingerprint density at radius 1 is 1.42 bits per heavy atom. The van der Waals surface area contributed by atoms with Gasteiger partial charge in [-0.05, 0) is 37.5 Å². The smallest absolute Gasteiger partial charge is 0.252 e. The topological polar surface area (TPSA) is 55.1 Å². The summed E-state index contributed by atoms with van der Waals surface area (Å²) >= 11 is 5.03. The van der Waals surface area contributed by atoms with E-state index in [0.29, 0.717) is 18.4 Å². The molecule has 3 nitrogen and oxygen atoms in total. The van der Waals surface area contributed by atoms with Crippen LogP contribution in [0.5, 0.6) is 0 Å². The Kier molecular flexibility index (Phi) is 5.00. The van der Waals surface area contributed by atoms with Gasteiger partial charge in [-0.2, -0.15) is 0 Å². The molecule has 104 valence electrons. The molecule has 0 aliphatic carbocycles. The van der Waals surface area contributed by atoms with Gasteiger partial charge in [0.2, 0.25) is 0 Å². The third kappa shape index (κ3) is 3.29. The second-order valence-electron chi connectivity index (χ2n) is 4.57. The summed E-state index contributed by atoms with van der Waals surface area (Å²) in [6.45, 7) is 5.45. The van der Waals surface area contributed by atoms with Gasteiger partial charge in [-0.25, -0.2) is 4.39 Å². The number of carbonyl (C=O) groups excluding carboxylic acids is 1. The average Bonchev–Trinajstić information content (AvgIpc) is 2.38. The van der Waals surface area contributed by atoms with E-state index in [4.69, 9.17) is 18.0 Å². The fourth-order valence-electron chi connectivity index (χ4n) is 1.86. The predicted molar refractivity (Wildman–Crippen MR) is 78.7 cm³/mol. The SMILES string of the molecule is CCC(CC)(NC(=O)c1ccc(C)c(F)c1)C(N)=S. The number of hydrogen-bond donors (Lipinski definition) is 2. The van der Waals surface area contributed by atoms with Crippen molar-refractivity contribution in [2.24, 2.45) is 5.73 Å². The maximum absolute atomic E-state index is 13.5. The van der Waals surface area contributed by atoms with E-state index < -0.39 is 11.4 Å². The van der Waals surface area contributed by atoms with Crippen LogP contribution in [0.3, 0.4) is 0 Å². The fourth-order valence-corrected chi connectivity index (χ4v) is 2.20. The molecule has 0 fully saturated rings. The van der Waals surface area contributed by atoms with Gasteiger partial charge in [0.1, 0.15) is 5.82 Å². The fraction of sp³-hybridized carbons (Fsp3) is 0.429. The van der Waals surface area contributed by atoms with E-state index in [2.05, 4.69) is 5.32 Å². The summed E-state index contributed by atoms with van der Waals surface area (Å²) in [5.74, 6) is -0.767. The Balaban J connectivity index is 3.00. The monoisotopic (exact) mass is 282 g/mol. The van der Waals surface area contributed by atoms with Crippen LogP contribution in [0, 0.1) is 12.7 Å². The van der Waals surface area contributed by atoms with Crippen LogP contribution >= 0.6 is 12.2 Å². The van der Waals surface area contributed by atoms with Gasteiger partial charge >= 0.3 is 0 Å². The van der Waals surface area contributed by atoms with Crippen molar-refractivity contribution in [1.29, 1.82) is 0 Å². The number of thiocarbonyl (C=S) groups is 1. The van der Waals surface area contributed by atoms with E-state index in [-0.39, 0.29) is 16.5 Å². The average molecular weight is 282 g/mol. The van der Waals surface area contributed by atoms with Gasteiger partial charge in [-0.1, -0.05) is 32.1 Å². The lowest BCUT2D eigenvalue weighted by molar-refractivity contribution is 0.0919. The molecule has 0 bridgehead atoms. The number of rotatable bonds is 5. The molecule has 0 atom stereocenters. The molecule has 0 heterocycles. The molecule has 0 aromatic heterocycles. The molecule has 0 aliphatic rings. The Morgan fingerprint density at radius 3 is 2.42 bits per heavy atom. The molecule has 0 saturated heterocycles. The first-order chi connectivity index (χ1) is 8.86. The molecule has 1 rings (SSSR count). The largest absolute Gasteiger partial charge is 0.391 e. The Hall–Kier alpha value is -1.49. The zero-order chi connectivity index (χ0) is 14.6. The highest BCUT2D eigenvalue weighted by atomic mass is 32.1. The molecule has 0 radical (unpaired) electrons.